The van der Waals surface area contributed by atoms with Crippen LogP contribution in [-0.2, 0) is 28.1 Å². The van der Waals surface area contributed by atoms with E-state index in [2.05, 4.69) is 27.0 Å². The zero-order chi connectivity index (χ0) is 23.9. The quantitative estimate of drug-likeness (QED) is 0.546. The lowest BCUT2D eigenvalue weighted by Crippen LogP contribution is -2.42. The van der Waals surface area contributed by atoms with Crippen LogP contribution in [0.1, 0.15) is 22.9 Å². The second-order valence-electron chi connectivity index (χ2n) is 8.56. The van der Waals surface area contributed by atoms with Crippen molar-refractivity contribution in [3.8, 4) is 0 Å². The largest absolute Gasteiger partial charge is 0.365 e. The first-order valence-electron chi connectivity index (χ1n) is 10.9. The average Bonchev–Trinajstić information content (AvgIpc) is 3.38. The number of hydrogen-bond donors (Lipinski definition) is 2. The first-order valence-corrected chi connectivity index (χ1v) is 11.8. The molecule has 3 heterocycles. The molecule has 0 bridgehead atoms. The van der Waals surface area contributed by atoms with E-state index in [1.54, 1.807) is 18.3 Å². The molecule has 34 heavy (non-hydrogen) atoms. The zero-order valence-electron chi connectivity index (χ0n) is 18.5. The Balaban J connectivity index is 1.30. The smallest absolute Gasteiger partial charge is 0.325 e. The van der Waals surface area contributed by atoms with E-state index in [4.69, 9.17) is 0 Å². The average molecular weight is 479 g/mol. The monoisotopic (exact) mass is 478 g/mol. The number of hydrogen-bond acceptors (Lipinski definition) is 5. The normalized spacial score (nSPS) is 19.7. The van der Waals surface area contributed by atoms with Crippen molar-refractivity contribution >= 4 is 40.6 Å². The number of carbonyl (C=O) groups is 3. The van der Waals surface area contributed by atoms with Crippen LogP contribution in [0.3, 0.4) is 0 Å². The highest BCUT2D eigenvalue weighted by Gasteiger charge is 2.49. The molecule has 3 aromatic rings. The molecule has 0 aliphatic carbocycles. The summed E-state index contributed by atoms with van der Waals surface area (Å²) in [4.78, 5) is 43.0. The van der Waals surface area contributed by atoms with Crippen molar-refractivity contribution in [3.05, 3.63) is 81.8 Å². The van der Waals surface area contributed by atoms with E-state index in [9.17, 15) is 18.8 Å². The van der Waals surface area contributed by atoms with Gasteiger partial charge in [0.25, 0.3) is 5.91 Å². The van der Waals surface area contributed by atoms with Gasteiger partial charge in [-0.2, -0.15) is 0 Å². The second-order valence-corrected chi connectivity index (χ2v) is 9.56. The third-order valence-electron chi connectivity index (χ3n) is 6.32. The number of urea groups is 1. The first kappa shape index (κ1) is 22.1. The van der Waals surface area contributed by atoms with Crippen LogP contribution in [0.5, 0.6) is 0 Å². The van der Waals surface area contributed by atoms with Crippen LogP contribution in [0.15, 0.2) is 60.0 Å². The van der Waals surface area contributed by atoms with E-state index in [0.717, 1.165) is 30.1 Å². The van der Waals surface area contributed by atoms with Crippen LogP contribution >= 0.6 is 11.3 Å². The summed E-state index contributed by atoms with van der Waals surface area (Å²) in [7, 11) is 0. The van der Waals surface area contributed by atoms with Crippen molar-refractivity contribution < 1.29 is 18.8 Å². The van der Waals surface area contributed by atoms with Crippen molar-refractivity contribution in [3.63, 3.8) is 0 Å². The number of rotatable bonds is 5. The molecular formula is C25H23FN4O3S. The van der Waals surface area contributed by atoms with Gasteiger partial charge in [-0.25, -0.2) is 9.18 Å². The maximum Gasteiger partial charge on any atom is 0.325 e. The molecule has 1 aromatic heterocycles. The molecule has 174 valence electrons. The third kappa shape index (κ3) is 3.92. The minimum absolute atomic E-state index is 0.426. The summed E-state index contributed by atoms with van der Waals surface area (Å²) in [6.07, 6.45) is 0.944. The summed E-state index contributed by atoms with van der Waals surface area (Å²) in [5, 5.41) is 7.60. The van der Waals surface area contributed by atoms with Gasteiger partial charge in [-0.1, -0.05) is 24.3 Å². The molecule has 1 saturated heterocycles. The molecule has 0 saturated carbocycles. The minimum Gasteiger partial charge on any atom is -0.365 e. The maximum atomic E-state index is 13.3. The van der Waals surface area contributed by atoms with Crippen LogP contribution in [0.4, 0.5) is 20.6 Å². The summed E-state index contributed by atoms with van der Waals surface area (Å²) in [5.41, 5.74) is 1.88. The van der Waals surface area contributed by atoms with Gasteiger partial charge in [0.05, 0.1) is 11.4 Å². The van der Waals surface area contributed by atoms with Gasteiger partial charge < -0.3 is 15.5 Å². The Morgan fingerprint density at radius 1 is 1.15 bits per heavy atom. The van der Waals surface area contributed by atoms with Crippen molar-refractivity contribution in [2.45, 2.75) is 25.4 Å². The Morgan fingerprint density at radius 2 is 1.91 bits per heavy atom. The first-order chi connectivity index (χ1) is 16.3. The number of para-hydroxylation sites is 2. The van der Waals surface area contributed by atoms with Crippen LogP contribution in [-0.4, -0.2) is 35.8 Å². The number of benzene rings is 2. The van der Waals surface area contributed by atoms with Crippen molar-refractivity contribution in [1.82, 2.24) is 10.2 Å². The number of thiophene rings is 1. The van der Waals surface area contributed by atoms with E-state index >= 15 is 0 Å². The number of nitrogens with zero attached hydrogens (tertiary/aromatic N) is 2. The van der Waals surface area contributed by atoms with Crippen LogP contribution in [0.25, 0.3) is 0 Å². The molecule has 2 aliphatic rings. The predicted octanol–water partition coefficient (Wildman–Crippen LogP) is 3.86. The Bertz CT molecular complexity index is 1280. The van der Waals surface area contributed by atoms with Crippen LogP contribution in [0.2, 0.25) is 0 Å². The van der Waals surface area contributed by atoms with Crippen LogP contribution in [0, 0.1) is 5.82 Å². The fourth-order valence-corrected chi connectivity index (χ4v) is 5.35. The van der Waals surface area contributed by atoms with E-state index in [1.807, 2.05) is 24.3 Å². The molecule has 1 atom stereocenters. The number of anilines is 2. The highest BCUT2D eigenvalue weighted by molar-refractivity contribution is 7.10. The summed E-state index contributed by atoms with van der Waals surface area (Å²) < 4.78 is 13.3. The predicted molar refractivity (Wildman–Crippen MR) is 128 cm³/mol. The van der Waals surface area contributed by atoms with Gasteiger partial charge in [0.2, 0.25) is 5.91 Å². The van der Waals surface area contributed by atoms with Crippen molar-refractivity contribution in [1.29, 1.82) is 0 Å². The van der Waals surface area contributed by atoms with E-state index in [0.29, 0.717) is 11.3 Å². The molecule has 2 aromatic carbocycles. The minimum atomic E-state index is -1.37. The van der Waals surface area contributed by atoms with E-state index in [1.165, 1.54) is 34.7 Å². The summed E-state index contributed by atoms with van der Waals surface area (Å²) in [6.45, 7) is 2.71. The number of imide groups is 1. The molecule has 5 rings (SSSR count). The standard InChI is InChI=1S/C25H23FN4O3S/c1-25(17-6-8-18(26)9-7-17)23(32)30(24(33)28-25)15-22(31)27-19-4-2-3-5-20(19)29-12-10-21-16(14-29)11-13-34-21/h2-9,11,13H,10,12,14-15H2,1H3,(H,27,31)(H,28,33). The molecule has 0 radical (unpaired) electrons. The highest BCUT2D eigenvalue weighted by atomic mass is 32.1. The molecule has 1 unspecified atom stereocenters. The lowest BCUT2D eigenvalue weighted by atomic mass is 9.92. The Labute approximate surface area is 200 Å². The molecule has 9 heteroatoms. The number of nitrogens with one attached hydrogen (secondary N) is 2. The SMILES string of the molecule is CC1(c2ccc(F)cc2)NC(=O)N(CC(=O)Nc2ccccc2N2CCc3sccc3C2)C1=O. The van der Waals surface area contributed by atoms with Crippen molar-refractivity contribution in [2.75, 3.05) is 23.3 Å². The fraction of sp³-hybridized carbons (Fsp3) is 0.240. The zero-order valence-corrected chi connectivity index (χ0v) is 19.3. The van der Waals surface area contributed by atoms with E-state index in [-0.39, 0.29) is 0 Å². The third-order valence-corrected chi connectivity index (χ3v) is 7.35. The Morgan fingerprint density at radius 3 is 2.71 bits per heavy atom. The second kappa shape index (κ2) is 8.57. The molecule has 7 nitrogen and oxygen atoms in total. The number of halogens is 1. The number of carbonyl (C=O) groups excluding carboxylic acids is 3. The Kier molecular flexibility index (Phi) is 5.57. The van der Waals surface area contributed by atoms with Gasteiger partial charge in [0.15, 0.2) is 0 Å². The molecule has 1 fully saturated rings. The van der Waals surface area contributed by atoms with E-state index < -0.39 is 35.7 Å². The number of fused-ring (bicyclic) bond motifs is 1. The van der Waals surface area contributed by atoms with Gasteiger partial charge in [-0.05, 0) is 60.2 Å². The fourth-order valence-electron chi connectivity index (χ4n) is 4.46. The van der Waals surface area contributed by atoms with Gasteiger partial charge >= 0.3 is 6.03 Å². The molecular weight excluding hydrogens is 455 g/mol. The van der Waals surface area contributed by atoms with Crippen molar-refractivity contribution in [2.24, 2.45) is 0 Å². The van der Waals surface area contributed by atoms with Gasteiger partial charge in [-0.3, -0.25) is 14.5 Å². The summed E-state index contributed by atoms with van der Waals surface area (Å²) in [5.74, 6) is -1.48. The maximum absolute atomic E-state index is 13.3. The number of amides is 4. The Hall–Kier alpha value is -3.72. The van der Waals surface area contributed by atoms with Gasteiger partial charge in [0.1, 0.15) is 17.9 Å². The highest BCUT2D eigenvalue weighted by Crippen LogP contribution is 2.33. The summed E-state index contributed by atoms with van der Waals surface area (Å²) in [6, 6.07) is 14.3. The van der Waals surface area contributed by atoms with Gasteiger partial charge in [0, 0.05) is 18.0 Å². The van der Waals surface area contributed by atoms with Crippen LogP contribution < -0.4 is 15.5 Å². The summed E-state index contributed by atoms with van der Waals surface area (Å²) >= 11 is 1.76. The lowest BCUT2D eigenvalue weighted by molar-refractivity contribution is -0.133. The van der Waals surface area contributed by atoms with Gasteiger partial charge in [-0.15, -0.1) is 11.3 Å². The molecule has 2 aliphatic heterocycles. The molecule has 0 spiro atoms. The molecule has 2 N–H and O–H groups in total. The topological polar surface area (TPSA) is 81.8 Å². The molecule has 4 amide bonds. The lowest BCUT2D eigenvalue weighted by Gasteiger charge is -2.30.